The van der Waals surface area contributed by atoms with E-state index >= 15 is 0 Å². The standard InChI is InChI=1S/C27H30O5S2/c1-15-5-6-17(22(28)24-23(29)25-26(30-24)32-27(2,3)31-25)13-18(15)14-20-11-12-21(34-20)16-7-9-19(33-4)10-8-16/h5-13,22-26,28-29H,14H2,1-4H3. The SMILES string of the molecule is CSc1ccc(-c2ccc(Cc3cc(C(O)C4OC5OC(C)(C)OC5C4O)ccc3C)s2)cc1. The number of benzene rings is 2. The number of ether oxygens (including phenoxy) is 3. The van der Waals surface area contributed by atoms with Crippen LogP contribution in [-0.2, 0) is 20.6 Å². The molecule has 3 aromatic rings. The molecule has 2 aromatic carbocycles. The van der Waals surface area contributed by atoms with Crippen LogP contribution in [-0.4, -0.2) is 46.9 Å². The minimum absolute atomic E-state index is 0.603. The fourth-order valence-electron chi connectivity index (χ4n) is 4.60. The Morgan fingerprint density at radius 1 is 1.06 bits per heavy atom. The lowest BCUT2D eigenvalue weighted by molar-refractivity contribution is -0.226. The summed E-state index contributed by atoms with van der Waals surface area (Å²) in [6, 6.07) is 18.9. The lowest BCUT2D eigenvalue weighted by atomic mass is 9.94. The molecule has 0 bridgehead atoms. The van der Waals surface area contributed by atoms with Crippen molar-refractivity contribution in [3.63, 3.8) is 0 Å². The first-order valence-corrected chi connectivity index (χ1v) is 13.5. The molecule has 0 aliphatic carbocycles. The molecule has 0 amide bonds. The zero-order chi connectivity index (χ0) is 24.0. The molecule has 5 atom stereocenters. The van der Waals surface area contributed by atoms with E-state index in [1.54, 1.807) is 36.9 Å². The predicted molar refractivity (Wildman–Crippen MR) is 135 cm³/mol. The van der Waals surface area contributed by atoms with Gasteiger partial charge in [0.05, 0.1) is 0 Å². The molecule has 2 aliphatic heterocycles. The van der Waals surface area contributed by atoms with E-state index in [0.29, 0.717) is 5.56 Å². The molecule has 2 fully saturated rings. The molecule has 2 saturated heterocycles. The van der Waals surface area contributed by atoms with Gasteiger partial charge in [0.1, 0.15) is 24.4 Å². The highest BCUT2D eigenvalue weighted by molar-refractivity contribution is 7.98. The second-order valence-electron chi connectivity index (χ2n) is 9.36. The summed E-state index contributed by atoms with van der Waals surface area (Å²) >= 11 is 3.53. The van der Waals surface area contributed by atoms with Crippen molar-refractivity contribution in [2.45, 2.75) is 68.6 Å². The molecule has 7 heteroatoms. The third-order valence-corrected chi connectivity index (χ3v) is 8.36. The minimum atomic E-state index is -0.982. The third-order valence-electron chi connectivity index (χ3n) is 6.48. The van der Waals surface area contributed by atoms with E-state index in [9.17, 15) is 10.2 Å². The molecule has 2 N–H and O–H groups in total. The lowest BCUT2D eigenvalue weighted by Gasteiger charge is -2.26. The summed E-state index contributed by atoms with van der Waals surface area (Å²) in [6.07, 6.45) is -1.18. The van der Waals surface area contributed by atoms with Gasteiger partial charge in [0.2, 0.25) is 0 Å². The van der Waals surface area contributed by atoms with Crippen LogP contribution in [0.3, 0.4) is 0 Å². The van der Waals surface area contributed by atoms with E-state index in [-0.39, 0.29) is 0 Å². The summed E-state index contributed by atoms with van der Waals surface area (Å²) in [5.74, 6) is -0.806. The maximum atomic E-state index is 11.1. The van der Waals surface area contributed by atoms with Crippen LogP contribution in [0.5, 0.6) is 0 Å². The molecular formula is C27H30O5S2. The van der Waals surface area contributed by atoms with Gasteiger partial charge in [0.25, 0.3) is 0 Å². The lowest BCUT2D eigenvalue weighted by Crippen LogP contribution is -2.37. The van der Waals surface area contributed by atoms with Crippen LogP contribution in [0.1, 0.15) is 41.5 Å². The summed E-state index contributed by atoms with van der Waals surface area (Å²) < 4.78 is 17.3. The Kier molecular flexibility index (Phi) is 6.63. The molecule has 5 nitrogen and oxygen atoms in total. The van der Waals surface area contributed by atoms with Crippen LogP contribution in [0.25, 0.3) is 10.4 Å². The van der Waals surface area contributed by atoms with Crippen LogP contribution in [0.4, 0.5) is 0 Å². The van der Waals surface area contributed by atoms with Crippen molar-refractivity contribution in [1.29, 1.82) is 0 Å². The van der Waals surface area contributed by atoms with Gasteiger partial charge in [-0.15, -0.1) is 23.1 Å². The predicted octanol–water partition coefficient (Wildman–Crippen LogP) is 5.31. The van der Waals surface area contributed by atoms with Crippen molar-refractivity contribution in [2.75, 3.05) is 6.26 Å². The zero-order valence-electron chi connectivity index (χ0n) is 19.7. The number of hydrogen-bond donors (Lipinski definition) is 2. The Bertz CT molecular complexity index is 1160. The molecule has 5 unspecified atom stereocenters. The molecule has 3 heterocycles. The summed E-state index contributed by atoms with van der Waals surface area (Å²) in [6.45, 7) is 5.65. The second kappa shape index (κ2) is 9.39. The van der Waals surface area contributed by atoms with Gasteiger partial charge in [-0.3, -0.25) is 0 Å². The van der Waals surface area contributed by atoms with E-state index in [2.05, 4.69) is 49.6 Å². The van der Waals surface area contributed by atoms with Crippen molar-refractivity contribution < 1.29 is 24.4 Å². The number of aryl methyl sites for hydroxylation is 1. The summed E-state index contributed by atoms with van der Waals surface area (Å²) in [4.78, 5) is 3.76. The average Bonchev–Trinajstić information content (AvgIpc) is 3.49. The molecule has 5 rings (SSSR count). The van der Waals surface area contributed by atoms with Crippen molar-refractivity contribution in [2.24, 2.45) is 0 Å². The Hall–Kier alpha value is -1.71. The largest absolute Gasteiger partial charge is 0.387 e. The normalized spacial score (nSPS) is 26.5. The molecule has 34 heavy (non-hydrogen) atoms. The van der Waals surface area contributed by atoms with Crippen molar-refractivity contribution in [1.82, 2.24) is 0 Å². The van der Waals surface area contributed by atoms with Gasteiger partial charge < -0.3 is 24.4 Å². The number of fused-ring (bicyclic) bond motifs is 1. The first kappa shape index (κ1) is 24.0. The fourth-order valence-corrected chi connectivity index (χ4v) is 6.05. The quantitative estimate of drug-likeness (QED) is 0.449. The molecule has 0 radical (unpaired) electrons. The highest BCUT2D eigenvalue weighted by atomic mass is 32.2. The highest BCUT2D eigenvalue weighted by Crippen LogP contribution is 2.41. The van der Waals surface area contributed by atoms with E-state index in [1.165, 1.54) is 20.2 Å². The van der Waals surface area contributed by atoms with Gasteiger partial charge in [-0.1, -0.05) is 30.3 Å². The first-order valence-electron chi connectivity index (χ1n) is 11.4. The monoisotopic (exact) mass is 498 g/mol. The number of thiophene rings is 1. The van der Waals surface area contributed by atoms with Gasteiger partial charge in [-0.25, -0.2) is 0 Å². The van der Waals surface area contributed by atoms with Crippen molar-refractivity contribution >= 4 is 23.1 Å². The van der Waals surface area contributed by atoms with Crippen LogP contribution in [0.2, 0.25) is 0 Å². The number of aliphatic hydroxyl groups excluding tert-OH is 2. The fraction of sp³-hybridized carbons (Fsp3) is 0.407. The first-order chi connectivity index (χ1) is 16.2. The Morgan fingerprint density at radius 3 is 2.53 bits per heavy atom. The zero-order valence-corrected chi connectivity index (χ0v) is 21.4. The van der Waals surface area contributed by atoms with Gasteiger partial charge in [0, 0.05) is 21.1 Å². The number of hydrogen-bond acceptors (Lipinski definition) is 7. The van der Waals surface area contributed by atoms with Crippen LogP contribution in [0.15, 0.2) is 59.5 Å². The van der Waals surface area contributed by atoms with Crippen molar-refractivity contribution in [3.05, 3.63) is 76.2 Å². The van der Waals surface area contributed by atoms with Gasteiger partial charge in [-0.2, -0.15) is 0 Å². The summed E-state index contributed by atoms with van der Waals surface area (Å²) in [5.41, 5.74) is 4.24. The van der Waals surface area contributed by atoms with E-state index in [0.717, 1.165) is 17.5 Å². The van der Waals surface area contributed by atoms with Crippen LogP contribution < -0.4 is 0 Å². The molecule has 180 valence electrons. The smallest absolute Gasteiger partial charge is 0.190 e. The Balaban J connectivity index is 1.31. The summed E-state index contributed by atoms with van der Waals surface area (Å²) in [5, 5.41) is 21.8. The molecular weight excluding hydrogens is 468 g/mol. The highest BCUT2D eigenvalue weighted by Gasteiger charge is 2.56. The van der Waals surface area contributed by atoms with E-state index < -0.39 is 36.5 Å². The van der Waals surface area contributed by atoms with E-state index in [4.69, 9.17) is 14.2 Å². The Labute approximate surface area is 208 Å². The molecule has 1 aromatic heterocycles. The Morgan fingerprint density at radius 2 is 1.82 bits per heavy atom. The summed E-state index contributed by atoms with van der Waals surface area (Å²) in [7, 11) is 0. The topological polar surface area (TPSA) is 68.2 Å². The van der Waals surface area contributed by atoms with Gasteiger partial charge in [0.15, 0.2) is 12.1 Å². The van der Waals surface area contributed by atoms with Gasteiger partial charge >= 0.3 is 0 Å². The third kappa shape index (κ3) is 4.71. The van der Waals surface area contributed by atoms with Crippen molar-refractivity contribution in [3.8, 4) is 10.4 Å². The number of rotatable bonds is 6. The molecule has 0 saturated carbocycles. The van der Waals surface area contributed by atoms with Crippen LogP contribution >= 0.6 is 23.1 Å². The molecule has 0 spiro atoms. The number of aliphatic hydroxyl groups is 2. The maximum absolute atomic E-state index is 11.1. The van der Waals surface area contributed by atoms with Crippen LogP contribution in [0, 0.1) is 6.92 Å². The van der Waals surface area contributed by atoms with E-state index in [1.807, 2.05) is 18.2 Å². The minimum Gasteiger partial charge on any atom is -0.387 e. The number of thioether (sulfide) groups is 1. The maximum Gasteiger partial charge on any atom is 0.190 e. The van der Waals surface area contributed by atoms with Gasteiger partial charge in [-0.05, 0) is 73.5 Å². The second-order valence-corrected chi connectivity index (χ2v) is 11.4. The average molecular weight is 499 g/mol. The molecule has 2 aliphatic rings.